The third-order valence-corrected chi connectivity index (χ3v) is 8.24. The molecule has 2 rings (SSSR count). The van der Waals surface area contributed by atoms with Crippen LogP contribution in [-0.4, -0.2) is 50.8 Å². The van der Waals surface area contributed by atoms with E-state index in [0.29, 0.717) is 18.8 Å². The maximum Gasteiger partial charge on any atom is 0.215 e. The molecule has 0 amide bonds. The molecule has 2 N–H and O–H groups in total. The van der Waals surface area contributed by atoms with Gasteiger partial charge in [-0.1, -0.05) is 6.92 Å². The number of sulfone groups is 1. The van der Waals surface area contributed by atoms with Crippen LogP contribution in [-0.2, 0) is 19.9 Å². The highest BCUT2D eigenvalue weighted by atomic mass is 32.2. The van der Waals surface area contributed by atoms with E-state index in [1.54, 1.807) is 0 Å². The van der Waals surface area contributed by atoms with E-state index in [2.05, 4.69) is 11.6 Å². The van der Waals surface area contributed by atoms with E-state index < -0.39 is 30.7 Å². The minimum absolute atomic E-state index is 0.0153. The zero-order valence-corrected chi connectivity index (χ0v) is 13.3. The first-order chi connectivity index (χ1) is 9.12. The maximum atomic E-state index is 12.1. The van der Waals surface area contributed by atoms with Gasteiger partial charge in [-0.2, -0.15) is 0 Å². The zero-order valence-electron chi connectivity index (χ0n) is 11.7. The monoisotopic (exact) mass is 325 g/mol. The summed E-state index contributed by atoms with van der Waals surface area (Å²) in [5.74, 6) is 0.185. The largest absolute Gasteiger partial charge is 0.389 e. The molecular formula is C12H23NO5S2. The van der Waals surface area contributed by atoms with Crippen molar-refractivity contribution in [1.29, 1.82) is 0 Å². The van der Waals surface area contributed by atoms with Crippen molar-refractivity contribution in [1.82, 2.24) is 4.72 Å². The summed E-state index contributed by atoms with van der Waals surface area (Å²) < 4.78 is 49.3. The molecule has 1 saturated heterocycles. The van der Waals surface area contributed by atoms with E-state index in [9.17, 15) is 21.9 Å². The van der Waals surface area contributed by atoms with Crippen LogP contribution >= 0.6 is 0 Å². The average Bonchev–Trinajstić information content (AvgIpc) is 2.73. The highest BCUT2D eigenvalue weighted by molar-refractivity contribution is 7.95. The maximum absolute atomic E-state index is 12.1. The number of aliphatic hydroxyl groups is 1. The molecule has 8 heteroatoms. The fourth-order valence-electron chi connectivity index (χ4n) is 2.83. The highest BCUT2D eigenvalue weighted by Gasteiger charge is 2.39. The number of rotatable bonds is 4. The van der Waals surface area contributed by atoms with Gasteiger partial charge in [0.1, 0.15) is 0 Å². The van der Waals surface area contributed by atoms with Crippen molar-refractivity contribution in [2.75, 3.05) is 18.1 Å². The fraction of sp³-hybridized carbons (Fsp3) is 1.00. The minimum atomic E-state index is -3.67. The van der Waals surface area contributed by atoms with Gasteiger partial charge in [-0.15, -0.1) is 0 Å². The van der Waals surface area contributed by atoms with E-state index in [1.807, 2.05) is 0 Å². The quantitative estimate of drug-likeness (QED) is 0.760. The van der Waals surface area contributed by atoms with Crippen LogP contribution in [0.5, 0.6) is 0 Å². The molecule has 118 valence electrons. The summed E-state index contributed by atoms with van der Waals surface area (Å²) in [5, 5.41) is 9.48. The van der Waals surface area contributed by atoms with E-state index in [4.69, 9.17) is 0 Å². The summed E-state index contributed by atoms with van der Waals surface area (Å²) in [6, 6.07) is 0. The third-order valence-electron chi connectivity index (χ3n) is 4.44. The lowest BCUT2D eigenvalue weighted by atomic mass is 9.80. The molecule has 20 heavy (non-hydrogen) atoms. The standard InChI is InChI=1S/C12H23NO5S2/c1-10-2-5-12(14,6-3-10)9-13-20(17,18)11-4-7-19(15,16)8-11/h10-11,13-14H,2-9H2,1H3. The van der Waals surface area contributed by atoms with Gasteiger partial charge >= 0.3 is 0 Å². The molecule has 1 atom stereocenters. The topological polar surface area (TPSA) is 101 Å². The van der Waals surface area contributed by atoms with Crippen LogP contribution < -0.4 is 4.72 Å². The molecule has 2 aliphatic rings. The van der Waals surface area contributed by atoms with E-state index in [-0.39, 0.29) is 24.5 Å². The minimum Gasteiger partial charge on any atom is -0.389 e. The van der Waals surface area contributed by atoms with E-state index in [0.717, 1.165) is 12.8 Å². The Kier molecular flexibility index (Phi) is 4.49. The first kappa shape index (κ1) is 16.2. The molecule has 1 heterocycles. The number of hydrogen-bond acceptors (Lipinski definition) is 5. The molecule has 0 aromatic carbocycles. The van der Waals surface area contributed by atoms with Gasteiger partial charge in [-0.05, 0) is 38.0 Å². The van der Waals surface area contributed by atoms with Crippen molar-refractivity contribution in [3.63, 3.8) is 0 Å². The van der Waals surface area contributed by atoms with Gasteiger partial charge in [-0.25, -0.2) is 21.6 Å². The van der Waals surface area contributed by atoms with Crippen molar-refractivity contribution < 1.29 is 21.9 Å². The van der Waals surface area contributed by atoms with Crippen molar-refractivity contribution in [3.05, 3.63) is 0 Å². The molecular weight excluding hydrogens is 302 g/mol. The summed E-state index contributed by atoms with van der Waals surface area (Å²) in [4.78, 5) is 0. The molecule has 6 nitrogen and oxygen atoms in total. The molecule has 1 aliphatic carbocycles. The Hall–Kier alpha value is -0.180. The molecule has 0 aromatic rings. The van der Waals surface area contributed by atoms with Crippen molar-refractivity contribution in [2.45, 2.75) is 49.9 Å². The Morgan fingerprint density at radius 1 is 1.25 bits per heavy atom. The SMILES string of the molecule is CC1CCC(O)(CNS(=O)(=O)C2CCS(=O)(=O)C2)CC1. The van der Waals surface area contributed by atoms with Gasteiger partial charge < -0.3 is 5.11 Å². The second-order valence-electron chi connectivity index (χ2n) is 6.30. The van der Waals surface area contributed by atoms with Crippen LogP contribution in [0.3, 0.4) is 0 Å². The van der Waals surface area contributed by atoms with Gasteiger partial charge in [0.15, 0.2) is 9.84 Å². The van der Waals surface area contributed by atoms with Crippen LogP contribution in [0.4, 0.5) is 0 Å². The summed E-state index contributed by atoms with van der Waals surface area (Å²) in [5.41, 5.74) is -0.989. The number of hydrogen-bond donors (Lipinski definition) is 2. The van der Waals surface area contributed by atoms with Gasteiger partial charge in [0, 0.05) is 6.54 Å². The Morgan fingerprint density at radius 2 is 1.85 bits per heavy atom. The van der Waals surface area contributed by atoms with E-state index in [1.165, 1.54) is 0 Å². The Bertz CT molecular complexity index is 546. The molecule has 2 fully saturated rings. The smallest absolute Gasteiger partial charge is 0.215 e. The fourth-order valence-corrected chi connectivity index (χ4v) is 7.00. The molecule has 1 saturated carbocycles. The summed E-state index contributed by atoms with van der Waals surface area (Å²) in [7, 11) is -6.90. The predicted molar refractivity (Wildman–Crippen MR) is 76.6 cm³/mol. The first-order valence-electron chi connectivity index (χ1n) is 7.03. The Morgan fingerprint density at radius 3 is 2.35 bits per heavy atom. The van der Waals surface area contributed by atoms with Crippen molar-refractivity contribution in [3.8, 4) is 0 Å². The molecule has 1 aliphatic heterocycles. The van der Waals surface area contributed by atoms with Gasteiger partial charge in [0.25, 0.3) is 0 Å². The van der Waals surface area contributed by atoms with Gasteiger partial charge in [-0.3, -0.25) is 0 Å². The lowest BCUT2D eigenvalue weighted by molar-refractivity contribution is -0.00186. The Labute approximate surface area is 120 Å². The summed E-state index contributed by atoms with van der Waals surface area (Å²) >= 11 is 0. The molecule has 1 unspecified atom stereocenters. The highest BCUT2D eigenvalue weighted by Crippen LogP contribution is 2.31. The van der Waals surface area contributed by atoms with Crippen molar-refractivity contribution >= 4 is 19.9 Å². The average molecular weight is 325 g/mol. The van der Waals surface area contributed by atoms with E-state index >= 15 is 0 Å². The summed E-state index contributed by atoms with van der Waals surface area (Å²) in [6.45, 7) is 2.10. The lowest BCUT2D eigenvalue weighted by Crippen LogP contribution is -2.47. The second-order valence-corrected chi connectivity index (χ2v) is 10.6. The van der Waals surface area contributed by atoms with Crippen LogP contribution in [0.25, 0.3) is 0 Å². The van der Waals surface area contributed by atoms with Gasteiger partial charge in [0.2, 0.25) is 10.0 Å². The van der Waals surface area contributed by atoms with Crippen LogP contribution in [0.15, 0.2) is 0 Å². The van der Waals surface area contributed by atoms with Crippen molar-refractivity contribution in [2.24, 2.45) is 5.92 Å². The molecule has 0 radical (unpaired) electrons. The predicted octanol–water partition coefficient (Wildman–Crippen LogP) is 0.0341. The second kappa shape index (κ2) is 5.55. The Balaban J connectivity index is 1.93. The molecule has 0 bridgehead atoms. The van der Waals surface area contributed by atoms with Crippen LogP contribution in [0.1, 0.15) is 39.0 Å². The molecule has 0 aromatic heterocycles. The molecule has 0 spiro atoms. The van der Waals surface area contributed by atoms with Gasteiger partial charge in [0.05, 0.1) is 22.4 Å². The van der Waals surface area contributed by atoms with Crippen LogP contribution in [0.2, 0.25) is 0 Å². The number of nitrogens with one attached hydrogen (secondary N) is 1. The van der Waals surface area contributed by atoms with Crippen LogP contribution in [0, 0.1) is 5.92 Å². The summed E-state index contributed by atoms with van der Waals surface area (Å²) in [6.07, 6.45) is 3.08. The number of sulfonamides is 1. The third kappa shape index (κ3) is 3.93. The first-order valence-corrected chi connectivity index (χ1v) is 10.4. The normalized spacial score (nSPS) is 37.9. The lowest BCUT2D eigenvalue weighted by Gasteiger charge is -2.35. The zero-order chi connectivity index (χ0) is 15.0.